The average Bonchev–Trinajstić information content (AvgIpc) is 2.29. The van der Waals surface area contributed by atoms with E-state index in [1.807, 2.05) is 13.8 Å². The third-order valence-electron chi connectivity index (χ3n) is 2.27. The molecule has 0 fully saturated rings. The largest absolute Gasteiger partial charge is 0.372 e. The van der Waals surface area contributed by atoms with E-state index in [-0.39, 0.29) is 17.5 Å². The van der Waals surface area contributed by atoms with Crippen molar-refractivity contribution in [2.75, 3.05) is 5.32 Å². The molecule has 0 bridgehead atoms. The predicted octanol–water partition coefficient (Wildman–Crippen LogP) is 0.868. The van der Waals surface area contributed by atoms with Crippen molar-refractivity contribution in [3.05, 3.63) is 21.0 Å². The zero-order valence-corrected chi connectivity index (χ0v) is 12.4. The number of hydrogen-bond acceptors (Lipinski definition) is 4. The number of carbonyl (C=O) groups is 1. The average molecular weight is 317 g/mol. The monoisotopic (exact) mass is 316 g/mol. The highest BCUT2D eigenvalue weighted by molar-refractivity contribution is 9.10. The molecule has 0 aliphatic heterocycles. The van der Waals surface area contributed by atoms with Gasteiger partial charge in [0.15, 0.2) is 0 Å². The van der Waals surface area contributed by atoms with E-state index in [1.54, 1.807) is 14.0 Å². The van der Waals surface area contributed by atoms with E-state index in [9.17, 15) is 9.59 Å². The van der Waals surface area contributed by atoms with Crippen LogP contribution in [0.15, 0.2) is 15.5 Å². The second kappa shape index (κ2) is 5.99. The molecule has 0 saturated carbocycles. The minimum atomic E-state index is -0.447. The van der Waals surface area contributed by atoms with Crippen LogP contribution in [-0.4, -0.2) is 27.8 Å². The summed E-state index contributed by atoms with van der Waals surface area (Å²) in [6, 6.07) is -0.371. The van der Waals surface area contributed by atoms with Crippen LogP contribution in [0.25, 0.3) is 0 Å². The summed E-state index contributed by atoms with van der Waals surface area (Å²) >= 11 is 3.19. The van der Waals surface area contributed by atoms with Crippen molar-refractivity contribution >= 4 is 27.5 Å². The van der Waals surface area contributed by atoms with Crippen LogP contribution in [-0.2, 0) is 11.8 Å². The third kappa shape index (κ3) is 3.56. The number of carbonyl (C=O) groups excluding carboxylic acids is 1. The van der Waals surface area contributed by atoms with Gasteiger partial charge in [-0.05, 0) is 36.7 Å². The molecule has 6 nitrogen and oxygen atoms in total. The molecule has 18 heavy (non-hydrogen) atoms. The van der Waals surface area contributed by atoms with Crippen molar-refractivity contribution in [1.29, 1.82) is 0 Å². The summed E-state index contributed by atoms with van der Waals surface area (Å²) in [6.45, 7) is 5.50. The number of hydrogen-bond donors (Lipinski definition) is 2. The van der Waals surface area contributed by atoms with E-state index in [2.05, 4.69) is 31.7 Å². The zero-order valence-electron chi connectivity index (χ0n) is 10.8. The maximum Gasteiger partial charge on any atom is 0.282 e. The zero-order chi connectivity index (χ0) is 13.9. The SMILES string of the molecule is CC(C)NC(=O)C(C)Nc1cnn(C)c(=O)c1Br. The van der Waals surface area contributed by atoms with E-state index in [0.717, 1.165) is 0 Å². The fraction of sp³-hybridized carbons (Fsp3) is 0.545. The summed E-state index contributed by atoms with van der Waals surface area (Å²) in [4.78, 5) is 23.4. The van der Waals surface area contributed by atoms with Gasteiger partial charge in [-0.25, -0.2) is 4.68 Å². The van der Waals surface area contributed by atoms with Crippen molar-refractivity contribution in [3.8, 4) is 0 Å². The topological polar surface area (TPSA) is 76.0 Å². The first-order valence-electron chi connectivity index (χ1n) is 5.61. The minimum Gasteiger partial charge on any atom is -0.372 e. The Morgan fingerprint density at radius 2 is 2.06 bits per heavy atom. The lowest BCUT2D eigenvalue weighted by molar-refractivity contribution is -0.122. The van der Waals surface area contributed by atoms with Crippen LogP contribution in [0, 0.1) is 0 Å². The molecule has 1 amide bonds. The number of aromatic nitrogens is 2. The molecule has 0 aromatic carbocycles. The molecule has 1 rings (SSSR count). The molecule has 1 atom stereocenters. The molecule has 1 unspecified atom stereocenters. The first kappa shape index (κ1) is 14.7. The summed E-state index contributed by atoms with van der Waals surface area (Å²) in [7, 11) is 1.56. The highest BCUT2D eigenvalue weighted by Crippen LogP contribution is 2.16. The van der Waals surface area contributed by atoms with Crippen LogP contribution in [0.3, 0.4) is 0 Å². The van der Waals surface area contributed by atoms with Crippen LogP contribution in [0.5, 0.6) is 0 Å². The van der Waals surface area contributed by atoms with Gasteiger partial charge in [-0.1, -0.05) is 0 Å². The molecule has 0 radical (unpaired) electrons. The maximum atomic E-state index is 11.7. The van der Waals surface area contributed by atoms with E-state index in [4.69, 9.17) is 0 Å². The lowest BCUT2D eigenvalue weighted by Gasteiger charge is -2.17. The molecule has 7 heteroatoms. The van der Waals surface area contributed by atoms with Crippen molar-refractivity contribution < 1.29 is 4.79 Å². The van der Waals surface area contributed by atoms with Gasteiger partial charge in [0.1, 0.15) is 10.5 Å². The Labute approximate surface area is 114 Å². The van der Waals surface area contributed by atoms with Gasteiger partial charge < -0.3 is 10.6 Å². The minimum absolute atomic E-state index is 0.0759. The van der Waals surface area contributed by atoms with Gasteiger partial charge in [-0.15, -0.1) is 0 Å². The van der Waals surface area contributed by atoms with Gasteiger partial charge in [0.2, 0.25) is 5.91 Å². The molecule has 1 aromatic heterocycles. The van der Waals surface area contributed by atoms with Gasteiger partial charge in [0.25, 0.3) is 5.56 Å². The Kier molecular flexibility index (Phi) is 4.89. The van der Waals surface area contributed by atoms with E-state index in [0.29, 0.717) is 10.2 Å². The van der Waals surface area contributed by atoms with E-state index < -0.39 is 6.04 Å². The normalized spacial score (nSPS) is 12.3. The number of nitrogens with zero attached hydrogens (tertiary/aromatic N) is 2. The summed E-state index contributed by atoms with van der Waals surface area (Å²) in [5.41, 5.74) is 0.251. The Morgan fingerprint density at radius 3 is 2.61 bits per heavy atom. The van der Waals surface area contributed by atoms with Crippen LogP contribution in [0.2, 0.25) is 0 Å². The van der Waals surface area contributed by atoms with E-state index >= 15 is 0 Å². The first-order chi connectivity index (χ1) is 8.32. The van der Waals surface area contributed by atoms with Crippen molar-refractivity contribution in [3.63, 3.8) is 0 Å². The van der Waals surface area contributed by atoms with Gasteiger partial charge in [-0.3, -0.25) is 9.59 Å². The van der Waals surface area contributed by atoms with Crippen LogP contribution in [0.1, 0.15) is 20.8 Å². The number of anilines is 1. The molecule has 1 aromatic rings. The Hall–Kier alpha value is -1.37. The van der Waals surface area contributed by atoms with Gasteiger partial charge >= 0.3 is 0 Å². The molecule has 100 valence electrons. The molecule has 1 heterocycles. The van der Waals surface area contributed by atoms with Gasteiger partial charge in [0, 0.05) is 13.1 Å². The van der Waals surface area contributed by atoms with Crippen LogP contribution < -0.4 is 16.2 Å². The smallest absolute Gasteiger partial charge is 0.282 e. The van der Waals surface area contributed by atoms with E-state index in [1.165, 1.54) is 10.9 Å². The molecular formula is C11H17BrN4O2. The second-order valence-corrected chi connectivity index (χ2v) is 5.12. The maximum absolute atomic E-state index is 11.7. The lowest BCUT2D eigenvalue weighted by atomic mass is 10.2. The first-order valence-corrected chi connectivity index (χ1v) is 6.41. The van der Waals surface area contributed by atoms with Crippen LogP contribution >= 0.6 is 15.9 Å². The molecule has 0 saturated heterocycles. The summed E-state index contributed by atoms with van der Waals surface area (Å²) < 4.78 is 1.58. The highest BCUT2D eigenvalue weighted by atomic mass is 79.9. The van der Waals surface area contributed by atoms with Crippen molar-refractivity contribution in [2.24, 2.45) is 7.05 Å². The number of rotatable bonds is 4. The number of amides is 1. The summed E-state index contributed by atoms with van der Waals surface area (Å²) in [6.07, 6.45) is 1.50. The molecule has 2 N–H and O–H groups in total. The summed E-state index contributed by atoms with van der Waals surface area (Å²) in [5, 5.41) is 9.63. The van der Waals surface area contributed by atoms with Crippen molar-refractivity contribution in [1.82, 2.24) is 15.1 Å². The number of halogens is 1. The molecule has 0 aliphatic carbocycles. The predicted molar refractivity (Wildman–Crippen MR) is 73.5 cm³/mol. The Bertz CT molecular complexity index is 498. The van der Waals surface area contributed by atoms with Crippen molar-refractivity contribution in [2.45, 2.75) is 32.9 Å². The quantitative estimate of drug-likeness (QED) is 0.864. The Balaban J connectivity index is 2.83. The standard InChI is InChI=1S/C11H17BrN4O2/c1-6(2)14-10(17)7(3)15-8-5-13-16(4)11(18)9(8)12/h5-7,15H,1-4H3,(H,14,17). The molecule has 0 aliphatic rings. The van der Waals surface area contributed by atoms with Crippen LogP contribution in [0.4, 0.5) is 5.69 Å². The molecule has 0 spiro atoms. The molecular weight excluding hydrogens is 300 g/mol. The third-order valence-corrected chi connectivity index (χ3v) is 3.04. The van der Waals surface area contributed by atoms with Gasteiger partial charge in [0.05, 0.1) is 11.9 Å². The number of aryl methyl sites for hydroxylation is 1. The summed E-state index contributed by atoms with van der Waals surface area (Å²) in [5.74, 6) is -0.127. The second-order valence-electron chi connectivity index (χ2n) is 4.33. The lowest BCUT2D eigenvalue weighted by Crippen LogP contribution is -2.41. The fourth-order valence-corrected chi connectivity index (χ4v) is 1.79. The fourth-order valence-electron chi connectivity index (χ4n) is 1.32. The Morgan fingerprint density at radius 1 is 1.44 bits per heavy atom. The highest BCUT2D eigenvalue weighted by Gasteiger charge is 2.16. The van der Waals surface area contributed by atoms with Gasteiger partial charge in [-0.2, -0.15) is 5.10 Å². The number of nitrogens with one attached hydrogen (secondary N) is 2.